The van der Waals surface area contributed by atoms with E-state index >= 15 is 0 Å². The standard InChI is InChI=1S/C15H23ClN2O3/c1-5-6-10(2)18-15(19)9-17-12-8-13(20-3)11(16)7-14(12)21-4/h7-8,10,17H,5-6,9H2,1-4H3,(H,18,19). The van der Waals surface area contributed by atoms with E-state index in [-0.39, 0.29) is 18.5 Å². The minimum Gasteiger partial charge on any atom is -0.495 e. The number of benzene rings is 1. The summed E-state index contributed by atoms with van der Waals surface area (Å²) in [7, 11) is 3.09. The Bertz CT molecular complexity index is 480. The molecule has 6 heteroatoms. The van der Waals surface area contributed by atoms with E-state index in [0.29, 0.717) is 22.2 Å². The van der Waals surface area contributed by atoms with Crippen LogP contribution in [0.2, 0.25) is 5.02 Å². The molecule has 0 heterocycles. The highest BCUT2D eigenvalue weighted by molar-refractivity contribution is 6.32. The molecule has 0 radical (unpaired) electrons. The molecule has 0 aromatic heterocycles. The van der Waals surface area contributed by atoms with Gasteiger partial charge in [0.25, 0.3) is 0 Å². The molecule has 0 saturated heterocycles. The number of anilines is 1. The maximum absolute atomic E-state index is 11.9. The number of hydrogen-bond donors (Lipinski definition) is 2. The van der Waals surface area contributed by atoms with Crippen LogP contribution in [0.5, 0.6) is 11.5 Å². The van der Waals surface area contributed by atoms with Crippen LogP contribution >= 0.6 is 11.6 Å². The molecule has 0 saturated carbocycles. The lowest BCUT2D eigenvalue weighted by molar-refractivity contribution is -0.120. The van der Waals surface area contributed by atoms with Crippen LogP contribution in [0, 0.1) is 0 Å². The normalized spacial score (nSPS) is 11.7. The molecule has 1 atom stereocenters. The number of ether oxygens (including phenoxy) is 2. The van der Waals surface area contributed by atoms with Gasteiger partial charge in [-0.3, -0.25) is 4.79 Å². The SMILES string of the molecule is CCCC(C)NC(=O)CNc1cc(OC)c(Cl)cc1OC. The first-order valence-electron chi connectivity index (χ1n) is 6.96. The van der Waals surface area contributed by atoms with Crippen molar-refractivity contribution in [2.45, 2.75) is 32.7 Å². The second kappa shape index (κ2) is 8.62. The van der Waals surface area contributed by atoms with Crippen LogP contribution in [0.1, 0.15) is 26.7 Å². The topological polar surface area (TPSA) is 59.6 Å². The summed E-state index contributed by atoms with van der Waals surface area (Å²) in [5.41, 5.74) is 0.664. The van der Waals surface area contributed by atoms with E-state index in [1.54, 1.807) is 19.2 Å². The van der Waals surface area contributed by atoms with E-state index in [1.807, 2.05) is 6.92 Å². The van der Waals surface area contributed by atoms with Crippen molar-refractivity contribution in [3.63, 3.8) is 0 Å². The van der Waals surface area contributed by atoms with Gasteiger partial charge >= 0.3 is 0 Å². The van der Waals surface area contributed by atoms with Crippen LogP contribution < -0.4 is 20.1 Å². The molecule has 0 aliphatic carbocycles. The highest BCUT2D eigenvalue weighted by Gasteiger charge is 2.12. The number of halogens is 1. The largest absolute Gasteiger partial charge is 0.495 e. The Morgan fingerprint density at radius 1 is 1.29 bits per heavy atom. The fourth-order valence-corrected chi connectivity index (χ4v) is 2.24. The predicted octanol–water partition coefficient (Wildman–Crippen LogP) is 3.07. The van der Waals surface area contributed by atoms with Gasteiger partial charge in [-0.05, 0) is 13.3 Å². The molecule has 0 bridgehead atoms. The van der Waals surface area contributed by atoms with Crippen molar-refractivity contribution in [2.75, 3.05) is 26.1 Å². The maximum Gasteiger partial charge on any atom is 0.239 e. The highest BCUT2D eigenvalue weighted by Crippen LogP contribution is 2.35. The van der Waals surface area contributed by atoms with E-state index in [2.05, 4.69) is 17.6 Å². The molecule has 118 valence electrons. The van der Waals surface area contributed by atoms with Gasteiger partial charge in [0.05, 0.1) is 31.5 Å². The lowest BCUT2D eigenvalue weighted by Crippen LogP contribution is -2.36. The monoisotopic (exact) mass is 314 g/mol. The first-order valence-corrected chi connectivity index (χ1v) is 7.34. The van der Waals surface area contributed by atoms with Crippen molar-refractivity contribution in [2.24, 2.45) is 0 Å². The Morgan fingerprint density at radius 2 is 1.95 bits per heavy atom. The summed E-state index contributed by atoms with van der Waals surface area (Å²) < 4.78 is 10.4. The number of carbonyl (C=O) groups is 1. The smallest absolute Gasteiger partial charge is 0.239 e. The van der Waals surface area contributed by atoms with Crippen molar-refractivity contribution >= 4 is 23.2 Å². The molecule has 1 rings (SSSR count). The Balaban J connectivity index is 2.68. The zero-order chi connectivity index (χ0) is 15.8. The molecule has 1 aromatic rings. The Morgan fingerprint density at radius 3 is 2.52 bits per heavy atom. The van der Waals surface area contributed by atoms with E-state index in [4.69, 9.17) is 21.1 Å². The maximum atomic E-state index is 11.9. The van der Waals surface area contributed by atoms with Gasteiger partial charge in [0.15, 0.2) is 0 Å². The molecular weight excluding hydrogens is 292 g/mol. The predicted molar refractivity (Wildman–Crippen MR) is 85.6 cm³/mol. The fourth-order valence-electron chi connectivity index (χ4n) is 2.01. The molecule has 21 heavy (non-hydrogen) atoms. The van der Waals surface area contributed by atoms with Crippen molar-refractivity contribution < 1.29 is 14.3 Å². The van der Waals surface area contributed by atoms with Crippen LogP contribution in [0.4, 0.5) is 5.69 Å². The number of amides is 1. The number of carbonyl (C=O) groups excluding carboxylic acids is 1. The summed E-state index contributed by atoms with van der Waals surface area (Å²) in [6.45, 7) is 4.24. The second-order valence-electron chi connectivity index (χ2n) is 4.80. The van der Waals surface area contributed by atoms with Crippen LogP contribution in [-0.4, -0.2) is 32.7 Å². The van der Waals surface area contributed by atoms with Gasteiger partial charge in [-0.15, -0.1) is 0 Å². The van der Waals surface area contributed by atoms with Gasteiger partial charge in [0.1, 0.15) is 11.5 Å². The minimum atomic E-state index is -0.0630. The van der Waals surface area contributed by atoms with E-state index in [0.717, 1.165) is 12.8 Å². The summed E-state index contributed by atoms with van der Waals surface area (Å²) in [6.07, 6.45) is 2.00. The van der Waals surface area contributed by atoms with Crippen LogP contribution in [0.25, 0.3) is 0 Å². The van der Waals surface area contributed by atoms with Crippen molar-refractivity contribution in [1.82, 2.24) is 5.32 Å². The zero-order valence-electron chi connectivity index (χ0n) is 13.0. The number of nitrogens with one attached hydrogen (secondary N) is 2. The summed E-state index contributed by atoms with van der Waals surface area (Å²) in [6, 6.07) is 3.54. The van der Waals surface area contributed by atoms with Crippen LogP contribution in [-0.2, 0) is 4.79 Å². The van der Waals surface area contributed by atoms with Gasteiger partial charge in [0.2, 0.25) is 5.91 Å². The van der Waals surface area contributed by atoms with E-state index in [9.17, 15) is 4.79 Å². The third-order valence-corrected chi connectivity index (χ3v) is 3.34. The summed E-state index contributed by atoms with van der Waals surface area (Å²) >= 11 is 6.03. The second-order valence-corrected chi connectivity index (χ2v) is 5.21. The molecule has 1 unspecified atom stereocenters. The first kappa shape index (κ1) is 17.4. The molecule has 0 aliphatic rings. The summed E-state index contributed by atoms with van der Waals surface area (Å²) in [4.78, 5) is 11.9. The van der Waals surface area contributed by atoms with Gasteiger partial charge < -0.3 is 20.1 Å². The molecule has 5 nitrogen and oxygen atoms in total. The number of rotatable bonds is 8. The molecule has 1 amide bonds. The Hall–Kier alpha value is -1.62. The van der Waals surface area contributed by atoms with Gasteiger partial charge in [0, 0.05) is 18.2 Å². The van der Waals surface area contributed by atoms with Gasteiger partial charge in [-0.1, -0.05) is 24.9 Å². The van der Waals surface area contributed by atoms with Crippen LogP contribution in [0.15, 0.2) is 12.1 Å². The Labute approximate surface area is 131 Å². The van der Waals surface area contributed by atoms with Crippen molar-refractivity contribution in [3.05, 3.63) is 17.2 Å². The lowest BCUT2D eigenvalue weighted by Gasteiger charge is -2.16. The van der Waals surface area contributed by atoms with Crippen molar-refractivity contribution in [3.8, 4) is 11.5 Å². The molecule has 0 aliphatic heterocycles. The molecule has 0 fully saturated rings. The molecule has 2 N–H and O–H groups in total. The number of methoxy groups -OCH3 is 2. The zero-order valence-corrected chi connectivity index (χ0v) is 13.7. The fraction of sp³-hybridized carbons (Fsp3) is 0.533. The molecule has 1 aromatic carbocycles. The molecular formula is C15H23ClN2O3. The number of hydrogen-bond acceptors (Lipinski definition) is 4. The molecule has 0 spiro atoms. The Kier molecular flexibility index (Phi) is 7.15. The summed E-state index contributed by atoms with van der Waals surface area (Å²) in [5.74, 6) is 1.03. The summed E-state index contributed by atoms with van der Waals surface area (Å²) in [5, 5.41) is 6.43. The van der Waals surface area contributed by atoms with E-state index in [1.165, 1.54) is 7.11 Å². The third kappa shape index (κ3) is 5.34. The lowest BCUT2D eigenvalue weighted by atomic mass is 10.2. The highest BCUT2D eigenvalue weighted by atomic mass is 35.5. The average Bonchev–Trinajstić information content (AvgIpc) is 2.45. The third-order valence-electron chi connectivity index (χ3n) is 3.04. The van der Waals surface area contributed by atoms with Gasteiger partial charge in [-0.2, -0.15) is 0 Å². The average molecular weight is 315 g/mol. The van der Waals surface area contributed by atoms with Gasteiger partial charge in [-0.25, -0.2) is 0 Å². The first-order chi connectivity index (χ1) is 10.0. The van der Waals surface area contributed by atoms with Crippen molar-refractivity contribution in [1.29, 1.82) is 0 Å². The minimum absolute atomic E-state index is 0.0630. The quantitative estimate of drug-likeness (QED) is 0.774. The van der Waals surface area contributed by atoms with Crippen LogP contribution in [0.3, 0.4) is 0 Å². The van der Waals surface area contributed by atoms with E-state index < -0.39 is 0 Å².